The van der Waals surface area contributed by atoms with E-state index in [-0.39, 0.29) is 52.5 Å². The highest BCUT2D eigenvalue weighted by molar-refractivity contribution is 6.39. The fourth-order valence-corrected chi connectivity index (χ4v) is 5.89. The van der Waals surface area contributed by atoms with Crippen LogP contribution in [0.4, 0.5) is 0 Å². The predicted molar refractivity (Wildman–Crippen MR) is 151 cm³/mol. The van der Waals surface area contributed by atoms with Gasteiger partial charge in [0, 0.05) is 30.0 Å². The number of carbonyl (C=O) groups excluding carboxylic acids is 3. The van der Waals surface area contributed by atoms with Gasteiger partial charge in [-0.3, -0.25) is 14.4 Å². The van der Waals surface area contributed by atoms with Crippen molar-refractivity contribution in [1.82, 2.24) is 16.0 Å². The van der Waals surface area contributed by atoms with Gasteiger partial charge in [-0.1, -0.05) is 67.6 Å². The number of nitriles is 1. The van der Waals surface area contributed by atoms with Crippen LogP contribution in [0.25, 0.3) is 0 Å². The molecular formula is C29H34Cl2N4O5. The van der Waals surface area contributed by atoms with Crippen molar-refractivity contribution in [2.75, 3.05) is 6.54 Å². The van der Waals surface area contributed by atoms with E-state index >= 15 is 0 Å². The molecular weight excluding hydrogens is 555 g/mol. The molecule has 11 heteroatoms. The smallest absolute Gasteiger partial charge is 0.326 e. The summed E-state index contributed by atoms with van der Waals surface area (Å²) in [7, 11) is 0. The maximum atomic E-state index is 13.7. The summed E-state index contributed by atoms with van der Waals surface area (Å²) < 4.78 is 0. The quantitative estimate of drug-likeness (QED) is 0.289. The number of rotatable bonds is 10. The van der Waals surface area contributed by atoms with Gasteiger partial charge in [-0.05, 0) is 38.0 Å². The largest absolute Gasteiger partial charge is 0.480 e. The molecule has 40 heavy (non-hydrogen) atoms. The summed E-state index contributed by atoms with van der Waals surface area (Å²) in [5.74, 6) is -2.74. The molecule has 0 radical (unpaired) electrons. The molecule has 9 nitrogen and oxygen atoms in total. The van der Waals surface area contributed by atoms with E-state index in [1.807, 2.05) is 6.07 Å². The lowest BCUT2D eigenvalue weighted by atomic mass is 9.57. The summed E-state index contributed by atoms with van der Waals surface area (Å²) in [5.41, 5.74) is -1.55. The highest BCUT2D eigenvalue weighted by atomic mass is 35.5. The lowest BCUT2D eigenvalue weighted by Gasteiger charge is -2.48. The van der Waals surface area contributed by atoms with Crippen LogP contribution in [0.1, 0.15) is 69.7 Å². The Balaban J connectivity index is 1.98. The summed E-state index contributed by atoms with van der Waals surface area (Å²) in [4.78, 5) is 51.9. The number of allylic oxidation sites excluding steroid dienone is 2. The van der Waals surface area contributed by atoms with Gasteiger partial charge < -0.3 is 21.1 Å². The van der Waals surface area contributed by atoms with E-state index in [1.165, 1.54) is 12.1 Å². The molecule has 2 atom stereocenters. The molecule has 3 amide bonds. The second kappa shape index (κ2) is 12.9. The van der Waals surface area contributed by atoms with E-state index in [0.29, 0.717) is 5.57 Å². The van der Waals surface area contributed by atoms with Crippen molar-refractivity contribution in [1.29, 1.82) is 5.26 Å². The van der Waals surface area contributed by atoms with Crippen LogP contribution in [0.2, 0.25) is 10.0 Å². The average molecular weight is 590 g/mol. The summed E-state index contributed by atoms with van der Waals surface area (Å²) in [6.07, 6.45) is 6.60. The number of hydrogen-bond donors (Lipinski definition) is 4. The summed E-state index contributed by atoms with van der Waals surface area (Å²) in [6, 6.07) is 5.44. The molecule has 0 heterocycles. The number of halogens is 2. The van der Waals surface area contributed by atoms with Gasteiger partial charge >= 0.3 is 5.97 Å². The Morgan fingerprint density at radius 2 is 1.73 bits per heavy atom. The summed E-state index contributed by atoms with van der Waals surface area (Å²) in [6.45, 7) is 5.30. The first-order valence-electron chi connectivity index (χ1n) is 13.2. The van der Waals surface area contributed by atoms with Gasteiger partial charge in [-0.15, -0.1) is 0 Å². The summed E-state index contributed by atoms with van der Waals surface area (Å²) >= 11 is 12.5. The van der Waals surface area contributed by atoms with Gasteiger partial charge in [-0.25, -0.2) is 4.79 Å². The Hall–Kier alpha value is -3.35. The number of carbonyl (C=O) groups is 4. The van der Waals surface area contributed by atoms with Crippen LogP contribution in [0, 0.1) is 28.1 Å². The third kappa shape index (κ3) is 6.34. The molecule has 1 aromatic rings. The van der Waals surface area contributed by atoms with Crippen molar-refractivity contribution in [3.05, 3.63) is 57.2 Å². The van der Waals surface area contributed by atoms with Crippen LogP contribution in [0.15, 0.2) is 41.6 Å². The lowest BCUT2D eigenvalue weighted by molar-refractivity contribution is -0.142. The minimum atomic E-state index is -1.41. The first-order chi connectivity index (χ1) is 18.8. The number of benzene rings is 1. The maximum Gasteiger partial charge on any atom is 0.326 e. The van der Waals surface area contributed by atoms with E-state index in [0.717, 1.165) is 25.7 Å². The van der Waals surface area contributed by atoms with Crippen molar-refractivity contribution in [2.24, 2.45) is 16.7 Å². The van der Waals surface area contributed by atoms with Crippen molar-refractivity contribution in [2.45, 2.75) is 65.3 Å². The van der Waals surface area contributed by atoms with Crippen molar-refractivity contribution < 1.29 is 24.3 Å². The van der Waals surface area contributed by atoms with Crippen LogP contribution in [-0.4, -0.2) is 41.4 Å². The zero-order valence-electron chi connectivity index (χ0n) is 22.8. The number of nitrogens with one attached hydrogen (secondary N) is 3. The minimum Gasteiger partial charge on any atom is -0.480 e. The number of nitrogens with zero attached hydrogens (tertiary/aromatic N) is 1. The van der Waals surface area contributed by atoms with Gasteiger partial charge in [0.05, 0.1) is 33.5 Å². The molecule has 2 aliphatic carbocycles. The highest BCUT2D eigenvalue weighted by Gasteiger charge is 2.54. The SMILES string of the molecule is CC1(C)C(CC(NC(=O)C2CCCC2)C(=O)O)=CC=C(NC(=O)c2c(Cl)cccc2Cl)C1(C)C(=O)NCCC#N. The second-order valence-corrected chi connectivity index (χ2v) is 11.6. The van der Waals surface area contributed by atoms with E-state index < -0.39 is 34.7 Å². The molecule has 0 bridgehead atoms. The number of amides is 3. The average Bonchev–Trinajstić information content (AvgIpc) is 3.43. The molecule has 0 aliphatic heterocycles. The Morgan fingerprint density at radius 3 is 2.30 bits per heavy atom. The number of aliphatic carboxylic acids is 1. The van der Waals surface area contributed by atoms with Crippen molar-refractivity contribution >= 4 is 46.9 Å². The third-order valence-electron chi connectivity index (χ3n) is 8.22. The molecule has 1 fully saturated rings. The molecule has 214 valence electrons. The monoisotopic (exact) mass is 588 g/mol. The highest BCUT2D eigenvalue weighted by Crippen LogP contribution is 2.52. The van der Waals surface area contributed by atoms with Gasteiger partial charge in [-0.2, -0.15) is 5.26 Å². The van der Waals surface area contributed by atoms with Gasteiger partial charge in [0.1, 0.15) is 6.04 Å². The Morgan fingerprint density at radius 1 is 1.10 bits per heavy atom. The Kier molecular flexibility index (Phi) is 10.0. The molecule has 0 spiro atoms. The number of carboxylic acid groups (broad SMARTS) is 1. The van der Waals surface area contributed by atoms with Crippen LogP contribution >= 0.6 is 23.2 Å². The topological polar surface area (TPSA) is 148 Å². The zero-order chi connectivity index (χ0) is 29.7. The second-order valence-electron chi connectivity index (χ2n) is 10.8. The molecule has 2 unspecified atom stereocenters. The normalized spacial score (nSPS) is 20.9. The Bertz CT molecular complexity index is 1270. The van der Waals surface area contributed by atoms with Crippen LogP contribution < -0.4 is 16.0 Å². The van der Waals surface area contributed by atoms with Crippen LogP contribution in [0.3, 0.4) is 0 Å². The first-order valence-corrected chi connectivity index (χ1v) is 14.0. The summed E-state index contributed by atoms with van der Waals surface area (Å²) in [5, 5.41) is 27.4. The van der Waals surface area contributed by atoms with Gasteiger partial charge in [0.2, 0.25) is 11.8 Å². The van der Waals surface area contributed by atoms with E-state index in [1.54, 1.807) is 39.0 Å². The number of hydrogen-bond acceptors (Lipinski definition) is 5. The maximum absolute atomic E-state index is 13.7. The minimum absolute atomic E-state index is 0.0457. The van der Waals surface area contributed by atoms with Crippen molar-refractivity contribution in [3.8, 4) is 6.07 Å². The van der Waals surface area contributed by atoms with Crippen LogP contribution in [0.5, 0.6) is 0 Å². The van der Waals surface area contributed by atoms with Gasteiger partial charge in [0.25, 0.3) is 5.91 Å². The first kappa shape index (κ1) is 31.2. The molecule has 1 saturated carbocycles. The zero-order valence-corrected chi connectivity index (χ0v) is 24.3. The fourth-order valence-electron chi connectivity index (χ4n) is 5.32. The number of carboxylic acids is 1. The third-order valence-corrected chi connectivity index (χ3v) is 8.85. The van der Waals surface area contributed by atoms with E-state index in [2.05, 4.69) is 16.0 Å². The lowest BCUT2D eigenvalue weighted by Crippen LogP contribution is -2.55. The molecule has 0 aromatic heterocycles. The van der Waals surface area contributed by atoms with Gasteiger partial charge in [0.15, 0.2) is 0 Å². The fraction of sp³-hybridized carbons (Fsp3) is 0.483. The molecule has 4 N–H and O–H groups in total. The van der Waals surface area contributed by atoms with Crippen molar-refractivity contribution in [3.63, 3.8) is 0 Å². The molecule has 3 rings (SSSR count). The predicted octanol–water partition coefficient (Wildman–Crippen LogP) is 4.76. The molecule has 1 aromatic carbocycles. The Labute approximate surface area is 244 Å². The standard InChI is InChI=1S/C29H34Cl2N4O5/c1-28(2)18(16-21(26(38)39)34-24(36)17-8-4-5-9-17)12-13-22(29(28,3)27(40)33-15-7-14-32)35-25(37)23-19(30)10-6-11-20(23)31/h6,10-13,17,21H,4-5,7-9,15-16H2,1-3H3,(H,33,40)(H,34,36)(H,35,37)(H,38,39). The van der Waals surface area contributed by atoms with E-state index in [4.69, 9.17) is 28.5 Å². The molecule has 0 saturated heterocycles. The molecule has 2 aliphatic rings. The van der Waals surface area contributed by atoms with Crippen LogP contribution in [-0.2, 0) is 14.4 Å². The van der Waals surface area contributed by atoms with E-state index in [9.17, 15) is 24.3 Å².